The number of nitrogens with zero attached hydrogens (tertiary/aromatic N) is 4. The van der Waals surface area contributed by atoms with Gasteiger partial charge in [0.2, 0.25) is 0 Å². The molecule has 0 spiro atoms. The van der Waals surface area contributed by atoms with Crippen LogP contribution >= 0.6 is 0 Å². The van der Waals surface area contributed by atoms with Crippen molar-refractivity contribution in [2.45, 2.75) is 32.0 Å². The number of piperidine rings is 1. The molecule has 0 amide bonds. The van der Waals surface area contributed by atoms with Crippen molar-refractivity contribution in [3.8, 4) is 17.0 Å². The molecule has 30 heavy (non-hydrogen) atoms. The highest BCUT2D eigenvalue weighted by molar-refractivity contribution is 5.98. The molecular weight excluding hydrogens is 395 g/mol. The van der Waals surface area contributed by atoms with E-state index in [1.54, 1.807) is 0 Å². The maximum absolute atomic E-state index is 12.9. The van der Waals surface area contributed by atoms with E-state index < -0.39 is 17.5 Å². The lowest BCUT2D eigenvalue weighted by atomic mass is 10.0. The predicted molar refractivity (Wildman–Crippen MR) is 108 cm³/mol. The molecule has 1 saturated heterocycles. The second-order valence-corrected chi connectivity index (χ2v) is 7.72. The highest BCUT2D eigenvalue weighted by Crippen LogP contribution is 2.38. The van der Waals surface area contributed by atoms with Gasteiger partial charge in [0.05, 0.1) is 5.56 Å². The normalized spacial score (nSPS) is 18.0. The number of halogens is 3. The molecule has 1 atom stereocenters. The first-order valence-corrected chi connectivity index (χ1v) is 9.72. The number of anilines is 1. The molecule has 1 aliphatic rings. The van der Waals surface area contributed by atoms with E-state index in [1.807, 2.05) is 19.1 Å². The van der Waals surface area contributed by atoms with Crippen molar-refractivity contribution < 1.29 is 18.3 Å². The number of benzene rings is 1. The molecule has 3 heterocycles. The van der Waals surface area contributed by atoms with Crippen LogP contribution in [0.3, 0.4) is 0 Å². The predicted octanol–water partition coefficient (Wildman–Crippen LogP) is 4.23. The number of aromatic nitrogens is 3. The minimum atomic E-state index is -4.54. The fraction of sp³-hybridized carbons (Fsp3) is 0.381. The molecular formula is C21H22F3N5O. The van der Waals surface area contributed by atoms with Crippen molar-refractivity contribution >= 4 is 16.7 Å². The fourth-order valence-electron chi connectivity index (χ4n) is 3.80. The van der Waals surface area contributed by atoms with E-state index in [-0.39, 0.29) is 17.3 Å². The molecule has 0 saturated carbocycles. The van der Waals surface area contributed by atoms with Crippen molar-refractivity contribution in [2.75, 3.05) is 25.5 Å². The molecule has 0 bridgehead atoms. The number of phenols is 1. The smallest absolute Gasteiger partial charge is 0.416 e. The van der Waals surface area contributed by atoms with Gasteiger partial charge in [-0.25, -0.2) is 0 Å². The van der Waals surface area contributed by atoms with Crippen LogP contribution in [0.4, 0.5) is 19.0 Å². The first-order valence-electron chi connectivity index (χ1n) is 9.72. The molecule has 1 fully saturated rings. The molecule has 1 aliphatic heterocycles. The van der Waals surface area contributed by atoms with E-state index in [1.165, 1.54) is 6.07 Å². The van der Waals surface area contributed by atoms with E-state index in [2.05, 4.69) is 32.4 Å². The number of phenolic OH excluding ortho intramolecular Hbond substituents is 1. The van der Waals surface area contributed by atoms with Gasteiger partial charge >= 0.3 is 6.18 Å². The third-order valence-corrected chi connectivity index (χ3v) is 5.31. The summed E-state index contributed by atoms with van der Waals surface area (Å²) in [6, 6.07) is 6.75. The van der Waals surface area contributed by atoms with E-state index in [4.69, 9.17) is 0 Å². The van der Waals surface area contributed by atoms with Crippen LogP contribution in [0.2, 0.25) is 0 Å². The molecule has 1 aromatic carbocycles. The number of pyridine rings is 1. The molecule has 6 nitrogen and oxygen atoms in total. The van der Waals surface area contributed by atoms with Crippen molar-refractivity contribution in [1.82, 2.24) is 20.1 Å². The van der Waals surface area contributed by atoms with Crippen molar-refractivity contribution in [3.63, 3.8) is 0 Å². The number of hydrogen-bond donors (Lipinski definition) is 2. The van der Waals surface area contributed by atoms with Crippen molar-refractivity contribution in [3.05, 3.63) is 41.6 Å². The summed E-state index contributed by atoms with van der Waals surface area (Å²) in [5, 5.41) is 22.9. The summed E-state index contributed by atoms with van der Waals surface area (Å²) in [5.41, 5.74) is 0.678. The van der Waals surface area contributed by atoms with Crippen LogP contribution in [0.1, 0.15) is 24.1 Å². The van der Waals surface area contributed by atoms with Crippen LogP contribution in [0, 0.1) is 6.92 Å². The summed E-state index contributed by atoms with van der Waals surface area (Å²) in [7, 11) is 2.07. The van der Waals surface area contributed by atoms with E-state index in [0.29, 0.717) is 22.8 Å². The highest BCUT2D eigenvalue weighted by Gasteiger charge is 2.31. The van der Waals surface area contributed by atoms with Crippen LogP contribution in [0.25, 0.3) is 22.2 Å². The molecule has 9 heteroatoms. The Kier molecular flexibility index (Phi) is 5.23. The molecule has 3 aromatic rings. The number of fused-ring (bicyclic) bond motifs is 1. The minimum Gasteiger partial charge on any atom is -0.507 e. The molecule has 2 N–H and O–H groups in total. The summed E-state index contributed by atoms with van der Waals surface area (Å²) < 4.78 is 38.8. The van der Waals surface area contributed by atoms with Gasteiger partial charge in [-0.05, 0) is 63.7 Å². The lowest BCUT2D eigenvalue weighted by molar-refractivity contribution is -0.137. The first kappa shape index (κ1) is 20.3. The van der Waals surface area contributed by atoms with Crippen LogP contribution in [0.15, 0.2) is 30.3 Å². The number of alkyl halides is 3. The van der Waals surface area contributed by atoms with Crippen LogP contribution in [-0.2, 0) is 6.18 Å². The van der Waals surface area contributed by atoms with Gasteiger partial charge in [0.15, 0.2) is 5.82 Å². The number of rotatable bonds is 3. The van der Waals surface area contributed by atoms with Gasteiger partial charge in [-0.2, -0.15) is 13.2 Å². The number of aromatic hydroxyl groups is 1. The molecule has 2 aromatic heterocycles. The monoisotopic (exact) mass is 417 g/mol. The Morgan fingerprint density at radius 1 is 1.17 bits per heavy atom. The van der Waals surface area contributed by atoms with Crippen molar-refractivity contribution in [2.24, 2.45) is 0 Å². The van der Waals surface area contributed by atoms with Crippen molar-refractivity contribution in [1.29, 1.82) is 0 Å². The summed E-state index contributed by atoms with van der Waals surface area (Å²) >= 11 is 0. The zero-order valence-corrected chi connectivity index (χ0v) is 16.7. The van der Waals surface area contributed by atoms with Crippen LogP contribution in [0.5, 0.6) is 5.75 Å². The Balaban J connectivity index is 1.78. The Hall–Kier alpha value is -2.94. The van der Waals surface area contributed by atoms with Gasteiger partial charge in [0.25, 0.3) is 0 Å². The third kappa shape index (κ3) is 4.02. The zero-order valence-electron chi connectivity index (χ0n) is 16.7. The fourth-order valence-corrected chi connectivity index (χ4v) is 3.80. The van der Waals surface area contributed by atoms with Crippen LogP contribution < -0.4 is 5.32 Å². The molecule has 4 rings (SSSR count). The molecule has 0 aliphatic carbocycles. The summed E-state index contributed by atoms with van der Waals surface area (Å²) in [5.74, 6) is 0.0614. The summed E-state index contributed by atoms with van der Waals surface area (Å²) in [6.07, 6.45) is -2.46. The Morgan fingerprint density at radius 2 is 1.97 bits per heavy atom. The molecule has 0 unspecified atom stereocenters. The maximum atomic E-state index is 12.9. The first-order chi connectivity index (χ1) is 14.2. The van der Waals surface area contributed by atoms with Gasteiger partial charge in [0.1, 0.15) is 17.0 Å². The zero-order chi connectivity index (χ0) is 21.5. The standard InChI is InChI=1S/C21H22F3N5O/c1-12-5-7-16-18(25-12)19(15-8-6-13(10-17(15)30)21(22,23)24)27-28-20(16)26-14-4-3-9-29(2)11-14/h5-8,10,14,30H,3-4,9,11H2,1-2H3,(H,26,28)/t14-/m1/s1. The summed E-state index contributed by atoms with van der Waals surface area (Å²) in [4.78, 5) is 6.79. The number of nitrogens with one attached hydrogen (secondary N) is 1. The lowest BCUT2D eigenvalue weighted by Gasteiger charge is -2.30. The minimum absolute atomic E-state index is 0.155. The largest absolute Gasteiger partial charge is 0.507 e. The second-order valence-electron chi connectivity index (χ2n) is 7.72. The van der Waals surface area contributed by atoms with Gasteiger partial charge in [-0.15, -0.1) is 10.2 Å². The van der Waals surface area contributed by atoms with Gasteiger partial charge in [-0.3, -0.25) is 4.98 Å². The average Bonchev–Trinajstić information content (AvgIpc) is 2.68. The second kappa shape index (κ2) is 7.71. The highest BCUT2D eigenvalue weighted by atomic mass is 19.4. The Labute approximate surface area is 171 Å². The Morgan fingerprint density at radius 3 is 2.67 bits per heavy atom. The average molecular weight is 417 g/mol. The Bertz CT molecular complexity index is 1090. The number of aryl methyl sites for hydroxylation is 1. The SMILES string of the molecule is Cc1ccc2c(N[C@@H]3CCCN(C)C3)nnc(-c3ccc(C(F)(F)F)cc3O)c2n1. The van der Waals surface area contributed by atoms with E-state index in [0.717, 1.165) is 37.7 Å². The quantitative estimate of drug-likeness (QED) is 0.664. The van der Waals surface area contributed by atoms with Crippen LogP contribution in [-0.4, -0.2) is 51.4 Å². The molecule has 0 radical (unpaired) electrons. The van der Waals surface area contributed by atoms with Gasteiger partial charge in [0, 0.05) is 29.2 Å². The molecule has 158 valence electrons. The van der Waals surface area contributed by atoms with E-state index >= 15 is 0 Å². The number of likely N-dealkylation sites (tertiary alicyclic amines) is 1. The third-order valence-electron chi connectivity index (χ3n) is 5.31. The topological polar surface area (TPSA) is 74.2 Å². The van der Waals surface area contributed by atoms with E-state index in [9.17, 15) is 18.3 Å². The lowest BCUT2D eigenvalue weighted by Crippen LogP contribution is -2.40. The number of likely N-dealkylation sites (N-methyl/N-ethyl adjacent to an activating group) is 1. The summed E-state index contributed by atoms with van der Waals surface area (Å²) in [6.45, 7) is 3.75. The van der Waals surface area contributed by atoms with Gasteiger partial charge in [-0.1, -0.05) is 0 Å². The van der Waals surface area contributed by atoms with Gasteiger partial charge < -0.3 is 15.3 Å². The maximum Gasteiger partial charge on any atom is 0.416 e. The number of hydrogen-bond acceptors (Lipinski definition) is 6.